The smallest absolute Gasteiger partial charge is 0.143 e. The normalized spacial score (nSPS) is 17.8. The van der Waals surface area contributed by atoms with Crippen molar-refractivity contribution in [2.75, 3.05) is 7.05 Å². The summed E-state index contributed by atoms with van der Waals surface area (Å²) in [4.78, 5) is 4.18. The summed E-state index contributed by atoms with van der Waals surface area (Å²) in [5, 5.41) is 16.0. The lowest BCUT2D eigenvalue weighted by Gasteiger charge is -2.16. The molecule has 1 heterocycles. The molecular weight excluding hydrogens is 240 g/mol. The molecule has 0 aliphatic heterocycles. The van der Waals surface area contributed by atoms with E-state index in [1.165, 1.54) is 0 Å². The highest BCUT2D eigenvalue weighted by molar-refractivity contribution is 6.62. The number of hydrogen-bond donors (Lipinski definition) is 1. The second-order valence-corrected chi connectivity index (χ2v) is 4.31. The van der Waals surface area contributed by atoms with E-state index in [2.05, 4.69) is 15.3 Å². The lowest BCUT2D eigenvalue weighted by atomic mass is 9.89. The zero-order valence-electron chi connectivity index (χ0n) is 10.6. The maximum atomic E-state index is 8.28. The fourth-order valence-electron chi connectivity index (χ4n) is 2.23. The van der Waals surface area contributed by atoms with Crippen molar-refractivity contribution in [1.29, 1.82) is 5.41 Å². The molecule has 1 aliphatic carbocycles. The molecule has 0 fully saturated rings. The van der Waals surface area contributed by atoms with E-state index in [0.717, 1.165) is 16.7 Å². The van der Waals surface area contributed by atoms with Crippen LogP contribution < -0.4 is 0 Å². The fourth-order valence-corrected chi connectivity index (χ4v) is 2.23. The Morgan fingerprint density at radius 2 is 2.05 bits per heavy atom. The van der Waals surface area contributed by atoms with Crippen LogP contribution in [0.25, 0.3) is 16.6 Å². The molecule has 3 rings (SSSR count). The van der Waals surface area contributed by atoms with Gasteiger partial charge in [0.2, 0.25) is 0 Å². The maximum Gasteiger partial charge on any atom is 0.143 e. The van der Waals surface area contributed by atoms with Crippen molar-refractivity contribution in [3.8, 4) is 0 Å². The third-order valence-electron chi connectivity index (χ3n) is 3.18. The van der Waals surface area contributed by atoms with E-state index >= 15 is 0 Å². The number of benzene rings is 1. The highest BCUT2D eigenvalue weighted by Crippen LogP contribution is 2.27. The second kappa shape index (κ2) is 4.28. The van der Waals surface area contributed by atoms with E-state index in [1.807, 2.05) is 37.3 Å². The summed E-state index contributed by atoms with van der Waals surface area (Å²) in [7, 11) is 1.70. The lowest BCUT2D eigenvalue weighted by Crippen LogP contribution is -2.19. The summed E-state index contributed by atoms with van der Waals surface area (Å²) in [6, 6.07) is 5.62. The third-order valence-corrected chi connectivity index (χ3v) is 3.18. The Morgan fingerprint density at radius 1 is 1.21 bits per heavy atom. The van der Waals surface area contributed by atoms with Crippen LogP contribution in [-0.4, -0.2) is 28.8 Å². The number of aromatic nitrogens is 2. The molecule has 1 aromatic heterocycles. The Labute approximate surface area is 109 Å². The van der Waals surface area contributed by atoms with Crippen LogP contribution in [-0.2, 0) is 0 Å². The van der Waals surface area contributed by atoms with Crippen LogP contribution in [0.3, 0.4) is 0 Å². The Bertz CT molecular complexity index is 765. The molecule has 0 atom stereocenters. The summed E-state index contributed by atoms with van der Waals surface area (Å²) < 4.78 is 4.76. The number of hydrogen-bond acceptors (Lipinski definition) is 5. The van der Waals surface area contributed by atoms with Gasteiger partial charge in [-0.2, -0.15) is 0 Å². The fraction of sp³-hybridized carbons (Fsp3) is 0.143. The van der Waals surface area contributed by atoms with E-state index in [-0.39, 0.29) is 0 Å². The van der Waals surface area contributed by atoms with E-state index in [4.69, 9.17) is 10.0 Å². The average Bonchev–Trinajstić information content (AvgIpc) is 2.88. The molecule has 19 heavy (non-hydrogen) atoms. The van der Waals surface area contributed by atoms with Crippen LogP contribution in [0, 0.1) is 5.41 Å². The predicted octanol–water partition coefficient (Wildman–Crippen LogP) is 2.66. The quantitative estimate of drug-likeness (QED) is 0.793. The number of allylic oxidation sites excluding steroid dienone is 4. The second-order valence-electron chi connectivity index (χ2n) is 4.31. The van der Waals surface area contributed by atoms with E-state index in [0.29, 0.717) is 22.5 Å². The molecule has 94 valence electrons. The first-order chi connectivity index (χ1) is 9.22. The van der Waals surface area contributed by atoms with Gasteiger partial charge < -0.3 is 0 Å². The molecule has 0 bridgehead atoms. The molecule has 1 aliphatic rings. The summed E-state index contributed by atoms with van der Waals surface area (Å²) in [5.74, 6) is 0. The minimum Gasteiger partial charge on any atom is -0.298 e. The van der Waals surface area contributed by atoms with Gasteiger partial charge in [-0.15, -0.1) is 0 Å². The number of rotatable bonds is 1. The van der Waals surface area contributed by atoms with Crippen LogP contribution in [0.15, 0.2) is 45.5 Å². The largest absolute Gasteiger partial charge is 0.298 e. The summed E-state index contributed by atoms with van der Waals surface area (Å²) in [6.45, 7) is 1.95. The van der Waals surface area contributed by atoms with Gasteiger partial charge >= 0.3 is 0 Å². The highest BCUT2D eigenvalue weighted by atomic mass is 16.6. The molecule has 5 nitrogen and oxygen atoms in total. The minimum atomic E-state index is 0.401. The molecule has 0 spiro atoms. The highest BCUT2D eigenvalue weighted by Gasteiger charge is 2.21. The van der Waals surface area contributed by atoms with Gasteiger partial charge in [0.1, 0.15) is 11.0 Å². The van der Waals surface area contributed by atoms with E-state index < -0.39 is 0 Å². The summed E-state index contributed by atoms with van der Waals surface area (Å²) in [5.41, 5.74) is 5.07. The molecule has 0 saturated carbocycles. The Hall–Kier alpha value is -2.56. The van der Waals surface area contributed by atoms with Gasteiger partial charge in [0.05, 0.1) is 11.4 Å². The maximum absolute atomic E-state index is 8.28. The first-order valence-electron chi connectivity index (χ1n) is 5.89. The van der Waals surface area contributed by atoms with Crippen LogP contribution in [0.1, 0.15) is 12.5 Å². The molecule has 0 unspecified atom stereocenters. The van der Waals surface area contributed by atoms with Gasteiger partial charge in [0.15, 0.2) is 0 Å². The first-order valence-corrected chi connectivity index (χ1v) is 5.89. The lowest BCUT2D eigenvalue weighted by molar-refractivity contribution is 0.315. The molecule has 1 aromatic carbocycles. The molecule has 1 N–H and O–H groups in total. The zero-order chi connectivity index (χ0) is 13.4. The first kappa shape index (κ1) is 11.5. The monoisotopic (exact) mass is 252 g/mol. The molecule has 0 amide bonds. The van der Waals surface area contributed by atoms with Crippen LogP contribution in [0.4, 0.5) is 0 Å². The predicted molar refractivity (Wildman–Crippen MR) is 74.6 cm³/mol. The van der Waals surface area contributed by atoms with Crippen molar-refractivity contribution >= 4 is 28.0 Å². The van der Waals surface area contributed by atoms with E-state index in [1.54, 1.807) is 7.05 Å². The van der Waals surface area contributed by atoms with Gasteiger partial charge in [0.25, 0.3) is 0 Å². The average molecular weight is 252 g/mol. The molecule has 5 heteroatoms. The van der Waals surface area contributed by atoms with Gasteiger partial charge in [0, 0.05) is 18.2 Å². The van der Waals surface area contributed by atoms with Crippen LogP contribution >= 0.6 is 0 Å². The number of nitrogens with zero attached hydrogens (tertiary/aromatic N) is 3. The number of fused-ring (bicyclic) bond motifs is 1. The van der Waals surface area contributed by atoms with E-state index in [9.17, 15) is 0 Å². The van der Waals surface area contributed by atoms with Gasteiger partial charge in [-0.25, -0.2) is 4.63 Å². The van der Waals surface area contributed by atoms with Gasteiger partial charge in [-0.3, -0.25) is 10.4 Å². The third kappa shape index (κ3) is 1.71. The topological polar surface area (TPSA) is 75.1 Å². The van der Waals surface area contributed by atoms with Crippen molar-refractivity contribution in [3.63, 3.8) is 0 Å². The number of aliphatic imine (C=N–C) groups is 1. The van der Waals surface area contributed by atoms with Crippen molar-refractivity contribution in [2.45, 2.75) is 6.92 Å². The molecule has 0 saturated heterocycles. The minimum absolute atomic E-state index is 0.401. The van der Waals surface area contributed by atoms with Crippen molar-refractivity contribution < 1.29 is 4.63 Å². The van der Waals surface area contributed by atoms with Crippen LogP contribution in [0.5, 0.6) is 0 Å². The molecule has 2 aromatic rings. The Kier molecular flexibility index (Phi) is 2.59. The van der Waals surface area contributed by atoms with Crippen molar-refractivity contribution in [2.24, 2.45) is 4.99 Å². The molecular formula is C14H12N4O. The summed E-state index contributed by atoms with van der Waals surface area (Å²) in [6.07, 6.45) is 3.87. The van der Waals surface area contributed by atoms with Gasteiger partial charge in [-0.1, -0.05) is 24.3 Å². The standard InChI is InChI=1S/C14H12N4O/c1-8-6-7-9(12(15)13(8)16-2)10-4-3-5-11-14(10)18-19-17-11/h3-7,15H,1-2H3. The van der Waals surface area contributed by atoms with Crippen LogP contribution in [0.2, 0.25) is 0 Å². The van der Waals surface area contributed by atoms with Crippen molar-refractivity contribution in [1.82, 2.24) is 10.3 Å². The van der Waals surface area contributed by atoms with Crippen molar-refractivity contribution in [3.05, 3.63) is 41.5 Å². The SMILES string of the molecule is CN=C1C(=N)C(c2cccc3nonc23)=CC=C1C. The Morgan fingerprint density at radius 3 is 2.84 bits per heavy atom. The van der Waals surface area contributed by atoms with Gasteiger partial charge in [-0.05, 0) is 28.9 Å². The Balaban J connectivity index is 2.22. The summed E-state index contributed by atoms with van der Waals surface area (Å²) >= 11 is 0. The molecule has 0 radical (unpaired) electrons. The zero-order valence-corrected chi connectivity index (χ0v) is 10.6. The number of nitrogens with one attached hydrogen (secondary N) is 1.